The van der Waals surface area contributed by atoms with E-state index >= 15 is 0 Å². The van der Waals surface area contributed by atoms with Crippen molar-refractivity contribution in [2.75, 3.05) is 32.5 Å². The Morgan fingerprint density at radius 2 is 1.85 bits per heavy atom. The Labute approximate surface area is 149 Å². The van der Waals surface area contributed by atoms with Crippen molar-refractivity contribution in [3.05, 3.63) is 47.8 Å². The summed E-state index contributed by atoms with van der Waals surface area (Å²) >= 11 is 0. The summed E-state index contributed by atoms with van der Waals surface area (Å²) in [5.74, 6) is 0.488. The van der Waals surface area contributed by atoms with Gasteiger partial charge in [0.05, 0.1) is 5.56 Å². The third-order valence-corrected chi connectivity index (χ3v) is 3.91. The third-order valence-electron chi connectivity index (χ3n) is 3.91. The fourth-order valence-electron chi connectivity index (χ4n) is 2.74. The maximum atomic E-state index is 13.6. The number of halogens is 3. The molecule has 0 radical (unpaired) electrons. The van der Waals surface area contributed by atoms with Gasteiger partial charge >= 0.3 is 6.18 Å². The van der Waals surface area contributed by atoms with Gasteiger partial charge in [0.1, 0.15) is 5.82 Å². The first-order chi connectivity index (χ1) is 12.3. The number of nitrogens with zero attached hydrogens (tertiary/aromatic N) is 4. The fraction of sp³-hybridized carbons (Fsp3) is 0.333. The number of hydrogen-bond acceptors (Lipinski definition) is 4. The molecule has 26 heavy (non-hydrogen) atoms. The van der Waals surface area contributed by atoms with Crippen LogP contribution in [0.3, 0.4) is 0 Å². The second-order valence-electron chi connectivity index (χ2n) is 6.34. The van der Waals surface area contributed by atoms with Gasteiger partial charge in [-0.2, -0.15) is 22.8 Å². The molecule has 3 aromatic rings. The van der Waals surface area contributed by atoms with Gasteiger partial charge in [-0.15, -0.1) is 0 Å². The van der Waals surface area contributed by atoms with E-state index in [0.717, 1.165) is 6.54 Å². The fourth-order valence-corrected chi connectivity index (χ4v) is 2.74. The van der Waals surface area contributed by atoms with E-state index in [4.69, 9.17) is 0 Å². The number of anilines is 1. The van der Waals surface area contributed by atoms with Crippen LogP contribution in [0.5, 0.6) is 0 Å². The predicted octanol–water partition coefficient (Wildman–Crippen LogP) is 3.70. The summed E-state index contributed by atoms with van der Waals surface area (Å²) in [6.07, 6.45) is -4.58. The molecule has 0 aliphatic heterocycles. The molecule has 0 fully saturated rings. The van der Waals surface area contributed by atoms with Crippen LogP contribution in [0, 0.1) is 6.92 Å². The normalized spacial score (nSPS) is 12.1. The van der Waals surface area contributed by atoms with Crippen LogP contribution < -0.4 is 5.32 Å². The van der Waals surface area contributed by atoms with E-state index in [0.29, 0.717) is 23.6 Å². The molecule has 0 bridgehead atoms. The van der Waals surface area contributed by atoms with Crippen LogP contribution in [0.4, 0.5) is 19.0 Å². The van der Waals surface area contributed by atoms with E-state index in [1.54, 1.807) is 43.3 Å². The number of aryl methyl sites for hydroxylation is 1. The topological polar surface area (TPSA) is 45.5 Å². The molecule has 2 heterocycles. The smallest absolute Gasteiger partial charge is 0.369 e. The van der Waals surface area contributed by atoms with Gasteiger partial charge in [-0.25, -0.2) is 4.98 Å². The molecule has 8 heteroatoms. The van der Waals surface area contributed by atoms with Gasteiger partial charge in [-0.3, -0.25) is 0 Å². The lowest BCUT2D eigenvalue weighted by Gasteiger charge is -2.12. The van der Waals surface area contributed by atoms with Crippen molar-refractivity contribution in [3.8, 4) is 11.1 Å². The molecular weight excluding hydrogens is 343 g/mol. The first-order valence-electron chi connectivity index (χ1n) is 8.19. The molecule has 0 spiro atoms. The zero-order valence-electron chi connectivity index (χ0n) is 14.8. The molecule has 0 aliphatic carbocycles. The zero-order valence-corrected chi connectivity index (χ0v) is 14.8. The zero-order chi connectivity index (χ0) is 18.9. The molecule has 0 aliphatic rings. The molecule has 1 aromatic carbocycles. The minimum atomic E-state index is -4.58. The van der Waals surface area contributed by atoms with Crippen LogP contribution in [-0.2, 0) is 6.18 Å². The predicted molar refractivity (Wildman–Crippen MR) is 95.2 cm³/mol. The van der Waals surface area contributed by atoms with Crippen LogP contribution in [0.25, 0.3) is 16.8 Å². The summed E-state index contributed by atoms with van der Waals surface area (Å²) in [5.41, 5.74) is 0.314. The largest absolute Gasteiger partial charge is 0.435 e. The standard InChI is InChI=1S/C18H20F3N5/c1-12-11-14(22-9-10-25(2)3)26-17(23-12)15(13-7-5-4-6-8-13)16(24-26)18(19,20)21/h4-8,11,22H,9-10H2,1-3H3. The molecule has 1 N–H and O–H groups in total. The van der Waals surface area contributed by atoms with Gasteiger partial charge in [0.2, 0.25) is 0 Å². The Hall–Kier alpha value is -2.61. The molecule has 5 nitrogen and oxygen atoms in total. The molecule has 138 valence electrons. The average molecular weight is 363 g/mol. The highest BCUT2D eigenvalue weighted by atomic mass is 19.4. The van der Waals surface area contributed by atoms with Gasteiger partial charge in [-0.05, 0) is 26.6 Å². The Kier molecular flexibility index (Phi) is 4.86. The van der Waals surface area contributed by atoms with E-state index in [1.165, 1.54) is 4.52 Å². The van der Waals surface area contributed by atoms with Crippen molar-refractivity contribution in [3.63, 3.8) is 0 Å². The Bertz CT molecular complexity index is 901. The summed E-state index contributed by atoms with van der Waals surface area (Å²) in [5, 5.41) is 7.01. The van der Waals surface area contributed by atoms with E-state index in [1.807, 2.05) is 19.0 Å². The molecule has 2 aromatic heterocycles. The SMILES string of the molecule is Cc1cc(NCCN(C)C)n2nc(C(F)(F)F)c(-c3ccccc3)c2n1. The van der Waals surface area contributed by atoms with Gasteiger partial charge in [0.15, 0.2) is 11.3 Å². The van der Waals surface area contributed by atoms with Crippen LogP contribution in [0.15, 0.2) is 36.4 Å². The minimum Gasteiger partial charge on any atom is -0.369 e. The van der Waals surface area contributed by atoms with Crippen LogP contribution in [0.2, 0.25) is 0 Å². The third kappa shape index (κ3) is 3.65. The lowest BCUT2D eigenvalue weighted by Crippen LogP contribution is -2.22. The molecule has 0 saturated carbocycles. The molecule has 3 rings (SSSR count). The van der Waals surface area contributed by atoms with Gasteiger partial charge in [-0.1, -0.05) is 30.3 Å². The first kappa shape index (κ1) is 18.2. The number of nitrogens with one attached hydrogen (secondary N) is 1. The lowest BCUT2D eigenvalue weighted by atomic mass is 10.1. The van der Waals surface area contributed by atoms with E-state index in [2.05, 4.69) is 15.4 Å². The number of likely N-dealkylation sites (N-methyl/N-ethyl adjacent to an activating group) is 1. The second-order valence-corrected chi connectivity index (χ2v) is 6.34. The maximum Gasteiger partial charge on any atom is 0.435 e. The number of benzene rings is 1. The Morgan fingerprint density at radius 3 is 2.46 bits per heavy atom. The van der Waals surface area contributed by atoms with Crippen LogP contribution in [0.1, 0.15) is 11.4 Å². The van der Waals surface area contributed by atoms with Crippen molar-refractivity contribution in [2.45, 2.75) is 13.1 Å². The summed E-state index contributed by atoms with van der Waals surface area (Å²) in [7, 11) is 3.86. The van der Waals surface area contributed by atoms with E-state index in [9.17, 15) is 13.2 Å². The first-order valence-corrected chi connectivity index (χ1v) is 8.19. The lowest BCUT2D eigenvalue weighted by molar-refractivity contribution is -0.140. The Balaban J connectivity index is 2.20. The number of rotatable bonds is 5. The van der Waals surface area contributed by atoms with Crippen molar-refractivity contribution in [1.82, 2.24) is 19.5 Å². The summed E-state index contributed by atoms with van der Waals surface area (Å²) < 4.78 is 42.1. The second kappa shape index (κ2) is 6.95. The molecule has 0 saturated heterocycles. The number of hydrogen-bond donors (Lipinski definition) is 1. The molecular formula is C18H20F3N5. The quantitative estimate of drug-likeness (QED) is 0.751. The van der Waals surface area contributed by atoms with Crippen molar-refractivity contribution in [1.29, 1.82) is 0 Å². The van der Waals surface area contributed by atoms with Crippen LogP contribution in [-0.4, -0.2) is 46.7 Å². The van der Waals surface area contributed by atoms with Crippen LogP contribution >= 0.6 is 0 Å². The van der Waals surface area contributed by atoms with E-state index in [-0.39, 0.29) is 11.2 Å². The highest BCUT2D eigenvalue weighted by Gasteiger charge is 2.39. The Morgan fingerprint density at radius 1 is 1.15 bits per heavy atom. The van der Waals surface area contributed by atoms with Gasteiger partial charge in [0, 0.05) is 24.8 Å². The van der Waals surface area contributed by atoms with Gasteiger partial charge in [0.25, 0.3) is 0 Å². The highest BCUT2D eigenvalue weighted by Crippen LogP contribution is 2.39. The molecule has 0 amide bonds. The van der Waals surface area contributed by atoms with E-state index < -0.39 is 11.9 Å². The number of fused-ring (bicyclic) bond motifs is 1. The van der Waals surface area contributed by atoms with Crippen molar-refractivity contribution >= 4 is 11.5 Å². The highest BCUT2D eigenvalue weighted by molar-refractivity contribution is 5.81. The minimum absolute atomic E-state index is 0.00235. The van der Waals surface area contributed by atoms with Gasteiger partial charge < -0.3 is 10.2 Å². The average Bonchev–Trinajstić information content (AvgIpc) is 2.95. The monoisotopic (exact) mass is 363 g/mol. The number of aromatic nitrogens is 3. The molecule has 0 atom stereocenters. The summed E-state index contributed by atoms with van der Waals surface area (Å²) in [6.45, 7) is 3.07. The summed E-state index contributed by atoms with van der Waals surface area (Å²) in [4.78, 5) is 6.32. The number of alkyl halides is 3. The molecule has 0 unspecified atom stereocenters. The summed E-state index contributed by atoms with van der Waals surface area (Å²) in [6, 6.07) is 10.1. The van der Waals surface area contributed by atoms with Crippen molar-refractivity contribution < 1.29 is 13.2 Å². The maximum absolute atomic E-state index is 13.6. The van der Waals surface area contributed by atoms with Crippen molar-refractivity contribution in [2.24, 2.45) is 0 Å².